The number of benzene rings is 1. The fourth-order valence-electron chi connectivity index (χ4n) is 2.90. The van der Waals surface area contributed by atoms with Gasteiger partial charge in [0.25, 0.3) is 0 Å². The summed E-state index contributed by atoms with van der Waals surface area (Å²) in [5, 5.41) is 2.73. The number of amides is 2. The third-order valence-electron chi connectivity index (χ3n) is 4.36. The largest absolute Gasteiger partial charge is 0.463 e. The topological polar surface area (TPSA) is 75.7 Å². The fourth-order valence-corrected chi connectivity index (χ4v) is 2.90. The van der Waals surface area contributed by atoms with E-state index in [2.05, 4.69) is 5.32 Å². The molecule has 1 N–H and O–H groups in total. The van der Waals surface area contributed by atoms with Crippen molar-refractivity contribution in [2.24, 2.45) is 5.92 Å². The number of aryl methyl sites for hydroxylation is 1. The van der Waals surface area contributed by atoms with E-state index in [9.17, 15) is 14.4 Å². The minimum absolute atomic E-state index is 0.0481. The summed E-state index contributed by atoms with van der Waals surface area (Å²) in [5.41, 5.74) is 3.02. The van der Waals surface area contributed by atoms with Crippen LogP contribution < -0.4 is 10.2 Å². The van der Waals surface area contributed by atoms with Gasteiger partial charge in [0.15, 0.2) is 0 Å². The fraction of sp³-hybridized carbons (Fsp3) is 0.526. The minimum atomic E-state index is -0.395. The second-order valence-electron chi connectivity index (χ2n) is 6.70. The van der Waals surface area contributed by atoms with Crippen LogP contribution in [-0.4, -0.2) is 37.0 Å². The van der Waals surface area contributed by atoms with E-state index in [1.807, 2.05) is 32.0 Å². The molecule has 1 saturated heterocycles. The molecule has 1 unspecified atom stereocenters. The number of rotatable bonds is 6. The first-order valence-electron chi connectivity index (χ1n) is 8.63. The van der Waals surface area contributed by atoms with Crippen LogP contribution in [0.15, 0.2) is 18.2 Å². The Morgan fingerprint density at radius 2 is 2.04 bits per heavy atom. The lowest BCUT2D eigenvalue weighted by molar-refractivity contribution is -0.147. The van der Waals surface area contributed by atoms with E-state index in [0.717, 1.165) is 16.8 Å². The first kappa shape index (κ1) is 19.0. The molecule has 1 aliphatic rings. The van der Waals surface area contributed by atoms with Gasteiger partial charge in [0, 0.05) is 25.2 Å². The number of carbonyl (C=O) groups is 3. The van der Waals surface area contributed by atoms with Crippen molar-refractivity contribution in [2.75, 3.05) is 18.0 Å². The first-order chi connectivity index (χ1) is 11.8. The summed E-state index contributed by atoms with van der Waals surface area (Å²) in [7, 11) is 0. The van der Waals surface area contributed by atoms with Crippen LogP contribution in [-0.2, 0) is 19.1 Å². The van der Waals surface area contributed by atoms with E-state index in [4.69, 9.17) is 4.74 Å². The number of esters is 1. The number of hydrogen-bond acceptors (Lipinski definition) is 4. The second kappa shape index (κ2) is 8.14. The van der Waals surface area contributed by atoms with Gasteiger partial charge in [0.2, 0.25) is 11.8 Å². The van der Waals surface area contributed by atoms with Gasteiger partial charge in [0.05, 0.1) is 18.4 Å². The van der Waals surface area contributed by atoms with Gasteiger partial charge in [-0.15, -0.1) is 0 Å². The van der Waals surface area contributed by atoms with Crippen molar-refractivity contribution >= 4 is 23.5 Å². The van der Waals surface area contributed by atoms with Crippen LogP contribution >= 0.6 is 0 Å². The van der Waals surface area contributed by atoms with Gasteiger partial charge in [-0.2, -0.15) is 0 Å². The normalized spacial score (nSPS) is 17.1. The molecule has 2 amide bonds. The maximum absolute atomic E-state index is 12.3. The quantitative estimate of drug-likeness (QED) is 0.801. The van der Waals surface area contributed by atoms with Crippen molar-refractivity contribution in [1.82, 2.24) is 5.32 Å². The Hall–Kier alpha value is -2.37. The zero-order valence-electron chi connectivity index (χ0n) is 15.3. The Bertz CT molecular complexity index is 669. The molecule has 1 atom stereocenters. The summed E-state index contributed by atoms with van der Waals surface area (Å²) in [4.78, 5) is 37.8. The van der Waals surface area contributed by atoms with Crippen molar-refractivity contribution < 1.29 is 19.1 Å². The molecule has 0 aromatic heterocycles. The minimum Gasteiger partial charge on any atom is -0.463 e. The van der Waals surface area contributed by atoms with Gasteiger partial charge >= 0.3 is 5.97 Å². The number of nitrogens with zero attached hydrogens (tertiary/aromatic N) is 1. The highest BCUT2D eigenvalue weighted by Crippen LogP contribution is 2.29. The molecule has 0 radical (unpaired) electrons. The zero-order valence-corrected chi connectivity index (χ0v) is 15.3. The van der Waals surface area contributed by atoms with Crippen LogP contribution in [0.25, 0.3) is 0 Å². The van der Waals surface area contributed by atoms with E-state index in [1.165, 1.54) is 0 Å². The summed E-state index contributed by atoms with van der Waals surface area (Å²) in [5.74, 6) is -0.977. The molecule has 2 rings (SSSR count). The van der Waals surface area contributed by atoms with Crippen molar-refractivity contribution in [1.29, 1.82) is 0 Å². The predicted molar refractivity (Wildman–Crippen MR) is 95.2 cm³/mol. The molecule has 0 bridgehead atoms. The maximum atomic E-state index is 12.3. The van der Waals surface area contributed by atoms with Crippen LogP contribution in [0.3, 0.4) is 0 Å². The van der Waals surface area contributed by atoms with Crippen molar-refractivity contribution in [3.05, 3.63) is 29.3 Å². The number of hydrogen-bond donors (Lipinski definition) is 1. The van der Waals surface area contributed by atoms with Crippen molar-refractivity contribution in [2.45, 2.75) is 46.6 Å². The highest BCUT2D eigenvalue weighted by Gasteiger charge is 2.35. The molecule has 1 fully saturated rings. The van der Waals surface area contributed by atoms with E-state index < -0.39 is 5.92 Å². The van der Waals surface area contributed by atoms with Gasteiger partial charge in [-0.3, -0.25) is 14.4 Å². The molecule has 1 aromatic carbocycles. The van der Waals surface area contributed by atoms with Gasteiger partial charge in [0.1, 0.15) is 0 Å². The summed E-state index contributed by atoms with van der Waals surface area (Å²) >= 11 is 0. The van der Waals surface area contributed by atoms with E-state index >= 15 is 0 Å². The molecule has 1 heterocycles. The Balaban J connectivity index is 1.90. The molecular weight excluding hydrogens is 320 g/mol. The highest BCUT2D eigenvalue weighted by atomic mass is 16.5. The third-order valence-corrected chi connectivity index (χ3v) is 4.36. The summed E-state index contributed by atoms with van der Waals surface area (Å²) in [6, 6.07) is 5.82. The molecule has 6 nitrogen and oxygen atoms in total. The van der Waals surface area contributed by atoms with Gasteiger partial charge in [-0.25, -0.2) is 0 Å². The molecule has 25 heavy (non-hydrogen) atoms. The summed E-state index contributed by atoms with van der Waals surface area (Å²) < 4.78 is 5.02. The molecule has 0 aliphatic carbocycles. The lowest BCUT2D eigenvalue weighted by Gasteiger charge is -2.20. The Labute approximate surface area is 148 Å². The molecule has 1 aromatic rings. The number of nitrogens with one attached hydrogen (secondary N) is 1. The monoisotopic (exact) mass is 346 g/mol. The molecule has 6 heteroatoms. The SMILES string of the molecule is Cc1cccc(N2CC(C(=O)NCCC(=O)OC(C)C)CC2=O)c1C. The zero-order chi connectivity index (χ0) is 18.6. The average molecular weight is 346 g/mol. The lowest BCUT2D eigenvalue weighted by atomic mass is 10.1. The molecular formula is C19H26N2O4. The van der Waals surface area contributed by atoms with Gasteiger partial charge in [-0.1, -0.05) is 12.1 Å². The second-order valence-corrected chi connectivity index (χ2v) is 6.70. The average Bonchev–Trinajstić information content (AvgIpc) is 2.91. The first-order valence-corrected chi connectivity index (χ1v) is 8.63. The Kier molecular flexibility index (Phi) is 6.17. The summed E-state index contributed by atoms with van der Waals surface area (Å²) in [6.07, 6.45) is 0.155. The van der Waals surface area contributed by atoms with Crippen molar-refractivity contribution in [3.63, 3.8) is 0 Å². The number of ether oxygens (including phenoxy) is 1. The molecule has 1 aliphatic heterocycles. The van der Waals surface area contributed by atoms with Gasteiger partial charge in [-0.05, 0) is 44.9 Å². The Morgan fingerprint density at radius 1 is 1.32 bits per heavy atom. The van der Waals surface area contributed by atoms with Crippen LogP contribution in [0.4, 0.5) is 5.69 Å². The van der Waals surface area contributed by atoms with E-state index in [1.54, 1.807) is 18.7 Å². The number of anilines is 1. The summed E-state index contributed by atoms with van der Waals surface area (Å²) in [6.45, 7) is 8.13. The number of carbonyl (C=O) groups excluding carboxylic acids is 3. The van der Waals surface area contributed by atoms with Crippen LogP contribution in [0.2, 0.25) is 0 Å². The van der Waals surface area contributed by atoms with E-state index in [0.29, 0.717) is 6.54 Å². The maximum Gasteiger partial charge on any atom is 0.307 e. The lowest BCUT2D eigenvalue weighted by Crippen LogP contribution is -2.34. The molecule has 0 saturated carbocycles. The van der Waals surface area contributed by atoms with Gasteiger partial charge < -0.3 is 15.0 Å². The Morgan fingerprint density at radius 3 is 2.72 bits per heavy atom. The standard InChI is InChI=1S/C19H26N2O4/c1-12(2)25-18(23)8-9-20-19(24)15-10-17(22)21(11-15)16-7-5-6-13(3)14(16)4/h5-7,12,15H,8-11H2,1-4H3,(H,20,24). The van der Waals surface area contributed by atoms with Crippen molar-refractivity contribution in [3.8, 4) is 0 Å². The molecule has 136 valence electrons. The van der Waals surface area contributed by atoms with Crippen LogP contribution in [0, 0.1) is 19.8 Å². The predicted octanol–water partition coefficient (Wildman–Crippen LogP) is 2.11. The van der Waals surface area contributed by atoms with Crippen LogP contribution in [0.5, 0.6) is 0 Å². The van der Waals surface area contributed by atoms with Crippen LogP contribution in [0.1, 0.15) is 37.8 Å². The third kappa shape index (κ3) is 4.81. The van der Waals surface area contributed by atoms with E-state index in [-0.39, 0.29) is 43.3 Å². The smallest absolute Gasteiger partial charge is 0.307 e. The molecule has 0 spiro atoms. The highest BCUT2D eigenvalue weighted by molar-refractivity contribution is 6.00.